The molecule has 1 saturated heterocycles. The van der Waals surface area contributed by atoms with Gasteiger partial charge in [0.1, 0.15) is 12.1 Å². The van der Waals surface area contributed by atoms with Crippen LogP contribution in [0.15, 0.2) is 41.1 Å². The molecule has 1 N–H and O–H groups in total. The van der Waals surface area contributed by atoms with Gasteiger partial charge >= 0.3 is 5.88 Å². The quantitative estimate of drug-likeness (QED) is 0.855. The molecule has 7 heteroatoms. The molecule has 0 radical (unpaired) electrons. The minimum absolute atomic E-state index is 0.194. The lowest BCUT2D eigenvalue weighted by molar-refractivity contribution is -0.767. The van der Waals surface area contributed by atoms with Crippen LogP contribution < -0.4 is 15.1 Å². The van der Waals surface area contributed by atoms with Crippen molar-refractivity contribution in [3.05, 3.63) is 42.1 Å². The molecule has 3 rings (SSSR count). The number of anilines is 1. The summed E-state index contributed by atoms with van der Waals surface area (Å²) in [5.41, 5.74) is 0.373. The van der Waals surface area contributed by atoms with Crippen LogP contribution in [-0.2, 0) is 4.74 Å². The van der Waals surface area contributed by atoms with E-state index in [2.05, 4.69) is 24.4 Å². The number of carbonyl (C=O) groups is 1. The molecule has 2 heterocycles. The second-order valence-corrected chi connectivity index (χ2v) is 5.79. The van der Waals surface area contributed by atoms with E-state index in [1.807, 2.05) is 23.2 Å². The molecular formula is C15H19N4O3+. The van der Waals surface area contributed by atoms with Gasteiger partial charge in [0.25, 0.3) is 12.1 Å². The number of ether oxygens (including phenoxy) is 1. The van der Waals surface area contributed by atoms with Gasteiger partial charge in [-0.05, 0) is 26.0 Å². The van der Waals surface area contributed by atoms with E-state index < -0.39 is 0 Å². The van der Waals surface area contributed by atoms with Crippen LogP contribution in [0, 0.1) is 0 Å². The summed E-state index contributed by atoms with van der Waals surface area (Å²) in [5.74, 6) is 0.0706. The summed E-state index contributed by atoms with van der Waals surface area (Å²) in [6.45, 7) is 6.08. The Morgan fingerprint density at radius 1 is 1.36 bits per heavy atom. The molecule has 0 saturated carbocycles. The maximum atomic E-state index is 12.1. The summed E-state index contributed by atoms with van der Waals surface area (Å²) in [6, 6.07) is 8.97. The normalized spacial score (nSPS) is 17.3. The van der Waals surface area contributed by atoms with Crippen molar-refractivity contribution in [2.75, 3.05) is 30.1 Å². The molecule has 1 fully saturated rings. The molecule has 0 atom stereocenters. The highest BCUT2D eigenvalue weighted by atomic mass is 16.5. The third-order valence-electron chi connectivity index (χ3n) is 3.58. The SMILES string of the molecule is CC1(C)COCCN1[n+]1cc(NC(=O)c2ccccc2)on1. The number of nitrogens with one attached hydrogen (secondary N) is 1. The summed E-state index contributed by atoms with van der Waals surface area (Å²) < 4.78 is 10.7. The van der Waals surface area contributed by atoms with Crippen molar-refractivity contribution in [2.24, 2.45) is 0 Å². The van der Waals surface area contributed by atoms with Crippen LogP contribution in [0.1, 0.15) is 24.2 Å². The third kappa shape index (κ3) is 2.94. The molecule has 116 valence electrons. The lowest BCUT2D eigenvalue weighted by Crippen LogP contribution is -2.71. The Morgan fingerprint density at radius 3 is 2.86 bits per heavy atom. The maximum Gasteiger partial charge on any atom is 0.306 e. The van der Waals surface area contributed by atoms with Crippen molar-refractivity contribution in [1.82, 2.24) is 5.27 Å². The Hall–Kier alpha value is -2.41. The number of amides is 1. The van der Waals surface area contributed by atoms with Gasteiger partial charge in [0.15, 0.2) is 0 Å². The van der Waals surface area contributed by atoms with Crippen molar-refractivity contribution in [3.8, 4) is 0 Å². The number of morpholine rings is 1. The molecule has 2 aromatic rings. The summed E-state index contributed by atoms with van der Waals surface area (Å²) >= 11 is 0. The van der Waals surface area contributed by atoms with Gasteiger partial charge in [-0.1, -0.05) is 18.2 Å². The fraction of sp³-hybridized carbons (Fsp3) is 0.400. The molecule has 0 bridgehead atoms. The van der Waals surface area contributed by atoms with Crippen molar-refractivity contribution < 1.29 is 18.8 Å². The van der Waals surface area contributed by atoms with Crippen LogP contribution in [0.4, 0.5) is 5.88 Å². The van der Waals surface area contributed by atoms with Gasteiger partial charge in [-0.2, -0.15) is 0 Å². The van der Waals surface area contributed by atoms with Crippen LogP contribution in [-0.4, -0.2) is 36.5 Å². The highest BCUT2D eigenvalue weighted by molar-refractivity contribution is 6.03. The van der Waals surface area contributed by atoms with E-state index in [-0.39, 0.29) is 11.4 Å². The van der Waals surface area contributed by atoms with Crippen LogP contribution in [0.5, 0.6) is 0 Å². The Kier molecular flexibility index (Phi) is 3.81. The monoisotopic (exact) mass is 303 g/mol. The summed E-state index contributed by atoms with van der Waals surface area (Å²) in [6.07, 6.45) is 1.66. The molecule has 1 aliphatic heterocycles. The van der Waals surface area contributed by atoms with E-state index in [0.29, 0.717) is 31.2 Å². The Morgan fingerprint density at radius 2 is 2.14 bits per heavy atom. The molecule has 0 aliphatic carbocycles. The van der Waals surface area contributed by atoms with Gasteiger partial charge in [-0.15, -0.1) is 5.01 Å². The zero-order chi connectivity index (χ0) is 15.6. The van der Waals surface area contributed by atoms with Crippen LogP contribution in [0.2, 0.25) is 0 Å². The molecule has 22 heavy (non-hydrogen) atoms. The van der Waals surface area contributed by atoms with Crippen molar-refractivity contribution >= 4 is 11.8 Å². The zero-order valence-electron chi connectivity index (χ0n) is 12.7. The number of hydrogen-bond acceptors (Lipinski definition) is 5. The van der Waals surface area contributed by atoms with Gasteiger partial charge < -0.3 is 4.74 Å². The molecule has 1 aromatic carbocycles. The number of nitrogens with zero attached hydrogens (tertiary/aromatic N) is 3. The molecule has 7 nitrogen and oxygen atoms in total. The van der Waals surface area contributed by atoms with E-state index >= 15 is 0 Å². The zero-order valence-corrected chi connectivity index (χ0v) is 12.7. The third-order valence-corrected chi connectivity index (χ3v) is 3.58. The van der Waals surface area contributed by atoms with Crippen LogP contribution in [0.3, 0.4) is 0 Å². The largest absolute Gasteiger partial charge is 0.377 e. The Bertz CT molecular complexity index is 654. The minimum atomic E-state index is -0.231. The average Bonchev–Trinajstić information content (AvgIpc) is 2.95. The Balaban J connectivity index is 1.73. The second-order valence-electron chi connectivity index (χ2n) is 5.79. The topological polar surface area (TPSA) is 71.5 Å². The van der Waals surface area contributed by atoms with Gasteiger partial charge in [0.2, 0.25) is 5.27 Å². The summed E-state index contributed by atoms with van der Waals surface area (Å²) in [4.78, 5) is 13.7. The summed E-state index contributed by atoms with van der Waals surface area (Å²) in [5, 5.41) is 8.72. The maximum absolute atomic E-state index is 12.1. The van der Waals surface area contributed by atoms with Crippen molar-refractivity contribution in [2.45, 2.75) is 19.4 Å². The number of hydrogen-bond donors (Lipinski definition) is 1. The number of aromatic nitrogens is 2. The average molecular weight is 303 g/mol. The molecule has 1 aromatic heterocycles. The second kappa shape index (κ2) is 5.76. The first-order valence-corrected chi connectivity index (χ1v) is 7.17. The standard InChI is InChI=1S/C15H18N4O3/c1-15(2)11-21-9-8-18(15)19-10-13(22-17-19)16-14(20)12-6-4-3-5-7-12/h3-7,10H,8-9,11H2,1-2H3/p+1. The predicted octanol–water partition coefficient (Wildman–Crippen LogP) is 0.961. The molecular weight excluding hydrogens is 284 g/mol. The van der Waals surface area contributed by atoms with E-state index in [1.54, 1.807) is 23.1 Å². The smallest absolute Gasteiger partial charge is 0.306 e. The first-order chi connectivity index (χ1) is 10.6. The molecule has 1 amide bonds. The fourth-order valence-electron chi connectivity index (χ4n) is 2.41. The Labute approximate surface area is 128 Å². The van der Waals surface area contributed by atoms with E-state index in [1.165, 1.54) is 0 Å². The van der Waals surface area contributed by atoms with Gasteiger partial charge in [0.05, 0.1) is 18.0 Å². The lowest BCUT2D eigenvalue weighted by Gasteiger charge is -2.35. The van der Waals surface area contributed by atoms with Gasteiger partial charge in [-0.3, -0.25) is 14.6 Å². The summed E-state index contributed by atoms with van der Waals surface area (Å²) in [7, 11) is 0. The van der Waals surface area contributed by atoms with Gasteiger partial charge in [0, 0.05) is 5.56 Å². The first-order valence-electron chi connectivity index (χ1n) is 7.17. The van der Waals surface area contributed by atoms with E-state index in [0.717, 1.165) is 0 Å². The number of rotatable bonds is 3. The van der Waals surface area contributed by atoms with E-state index in [4.69, 9.17) is 9.26 Å². The van der Waals surface area contributed by atoms with Crippen molar-refractivity contribution in [3.63, 3.8) is 0 Å². The number of carbonyl (C=O) groups excluding carboxylic acids is 1. The molecule has 1 aliphatic rings. The van der Waals surface area contributed by atoms with Crippen LogP contribution in [0.25, 0.3) is 0 Å². The minimum Gasteiger partial charge on any atom is -0.377 e. The van der Waals surface area contributed by atoms with Gasteiger partial charge in [-0.25, -0.2) is 0 Å². The molecule has 0 unspecified atom stereocenters. The fourth-order valence-corrected chi connectivity index (χ4v) is 2.41. The highest BCUT2D eigenvalue weighted by Gasteiger charge is 2.39. The van der Waals surface area contributed by atoms with Crippen LogP contribution >= 0.6 is 0 Å². The van der Waals surface area contributed by atoms with E-state index in [9.17, 15) is 4.79 Å². The van der Waals surface area contributed by atoms with Crippen molar-refractivity contribution in [1.29, 1.82) is 0 Å². The predicted molar refractivity (Wildman–Crippen MR) is 79.1 cm³/mol. The number of benzene rings is 1. The first kappa shape index (κ1) is 14.5. The highest BCUT2D eigenvalue weighted by Crippen LogP contribution is 2.14. The molecule has 0 spiro atoms. The lowest BCUT2D eigenvalue weighted by atomic mass is 10.1.